The molecule has 0 saturated carbocycles. The third-order valence-electron chi connectivity index (χ3n) is 6.17. The predicted octanol–water partition coefficient (Wildman–Crippen LogP) is 7.20. The van der Waals surface area contributed by atoms with Crippen LogP contribution in [0.2, 0.25) is 0 Å². The first-order valence-corrected chi connectivity index (χ1v) is 13.1. The lowest BCUT2D eigenvalue weighted by molar-refractivity contribution is 0.220. The smallest absolute Gasteiger partial charge is 0.262 e. The molecule has 1 N–H and O–H groups in total. The number of aromatic hydroxyl groups is 1. The van der Waals surface area contributed by atoms with Crippen LogP contribution in [0.4, 0.5) is 5.95 Å². The highest BCUT2D eigenvalue weighted by Gasteiger charge is 2.22. The minimum atomic E-state index is -0.0149. The number of unbranched alkanes of at least 4 members (excludes halogenated alkanes) is 13. The molecule has 31 heavy (non-hydrogen) atoms. The minimum Gasteiger partial charge on any atom is -0.502 e. The second-order valence-corrected chi connectivity index (χ2v) is 9.48. The molecule has 2 rings (SSSR count). The molecule has 5 nitrogen and oxygen atoms in total. The van der Waals surface area contributed by atoms with E-state index in [2.05, 4.69) is 21.8 Å². The molecule has 1 aliphatic rings. The summed E-state index contributed by atoms with van der Waals surface area (Å²) in [6, 6.07) is 0. The van der Waals surface area contributed by atoms with Gasteiger partial charge in [-0.2, -0.15) is 4.98 Å². The quantitative estimate of drug-likeness (QED) is 0.248. The van der Waals surface area contributed by atoms with Crippen LogP contribution in [0.3, 0.4) is 0 Å². The van der Waals surface area contributed by atoms with Gasteiger partial charge in [-0.1, -0.05) is 90.4 Å². The van der Waals surface area contributed by atoms with E-state index in [1.165, 1.54) is 89.9 Å². The number of ether oxygens (including phenoxy) is 1. The first-order valence-electron chi connectivity index (χ1n) is 13.1. The number of hydrogen-bond acceptors (Lipinski definition) is 5. The van der Waals surface area contributed by atoms with E-state index in [1.54, 1.807) is 0 Å². The number of hydrogen-bond donors (Lipinski definition) is 1. The van der Waals surface area contributed by atoms with Crippen LogP contribution < -0.4 is 9.64 Å². The number of aryl methyl sites for hydroxylation is 1. The minimum absolute atomic E-state index is 0.0149. The average molecular weight is 434 g/mol. The molecule has 1 aromatic heterocycles. The third-order valence-corrected chi connectivity index (χ3v) is 6.17. The van der Waals surface area contributed by atoms with Crippen molar-refractivity contribution in [2.75, 3.05) is 18.0 Å². The van der Waals surface area contributed by atoms with E-state index in [4.69, 9.17) is 4.74 Å². The monoisotopic (exact) mass is 433 g/mol. The first kappa shape index (κ1) is 25.7. The van der Waals surface area contributed by atoms with E-state index in [-0.39, 0.29) is 11.9 Å². The second-order valence-electron chi connectivity index (χ2n) is 9.48. The van der Waals surface area contributed by atoms with Gasteiger partial charge in [-0.25, -0.2) is 4.98 Å². The van der Waals surface area contributed by atoms with Crippen LogP contribution in [-0.4, -0.2) is 34.3 Å². The molecule has 0 bridgehead atoms. The summed E-state index contributed by atoms with van der Waals surface area (Å²) in [6.07, 6.45) is 20.8. The van der Waals surface area contributed by atoms with E-state index in [1.807, 2.05) is 13.8 Å². The Morgan fingerprint density at radius 2 is 1.32 bits per heavy atom. The molecule has 1 aliphatic heterocycles. The lowest BCUT2D eigenvalue weighted by Gasteiger charge is -2.31. The molecule has 2 heterocycles. The summed E-state index contributed by atoms with van der Waals surface area (Å²) in [6.45, 7) is 8.17. The number of rotatable bonds is 18. The normalized spacial score (nSPS) is 13.6. The van der Waals surface area contributed by atoms with E-state index in [0.29, 0.717) is 11.8 Å². The Bertz CT molecular complexity index is 603. The molecule has 1 saturated heterocycles. The Balaban J connectivity index is 1.58. The SMILES string of the molecule is CCCCCCCCCCCCCCCCc1nc(N2CCC2)nc(OC(C)C)c1O. The molecule has 1 aromatic rings. The van der Waals surface area contributed by atoms with Gasteiger partial charge in [0.2, 0.25) is 11.7 Å². The first-order chi connectivity index (χ1) is 15.1. The van der Waals surface area contributed by atoms with Crippen LogP contribution in [-0.2, 0) is 6.42 Å². The van der Waals surface area contributed by atoms with Gasteiger partial charge in [-0.3, -0.25) is 0 Å². The molecular weight excluding hydrogens is 386 g/mol. The van der Waals surface area contributed by atoms with Gasteiger partial charge < -0.3 is 14.7 Å². The van der Waals surface area contributed by atoms with Crippen LogP contribution >= 0.6 is 0 Å². The zero-order valence-electron chi connectivity index (χ0n) is 20.5. The van der Waals surface area contributed by atoms with Crippen molar-refractivity contribution in [3.63, 3.8) is 0 Å². The van der Waals surface area contributed by atoms with Gasteiger partial charge in [0.1, 0.15) is 0 Å². The number of anilines is 1. The van der Waals surface area contributed by atoms with E-state index < -0.39 is 0 Å². The van der Waals surface area contributed by atoms with Crippen LogP contribution in [0.15, 0.2) is 0 Å². The van der Waals surface area contributed by atoms with Crippen molar-refractivity contribution in [3.8, 4) is 11.6 Å². The van der Waals surface area contributed by atoms with Crippen molar-refractivity contribution < 1.29 is 9.84 Å². The zero-order chi connectivity index (χ0) is 22.3. The van der Waals surface area contributed by atoms with Crippen LogP contribution in [0.1, 0.15) is 123 Å². The lowest BCUT2D eigenvalue weighted by Crippen LogP contribution is -2.38. The molecule has 0 aromatic carbocycles. The van der Waals surface area contributed by atoms with Crippen LogP contribution in [0.5, 0.6) is 11.6 Å². The highest BCUT2D eigenvalue weighted by atomic mass is 16.5. The molecule has 0 atom stereocenters. The molecule has 0 unspecified atom stereocenters. The molecule has 0 amide bonds. The molecule has 5 heteroatoms. The summed E-state index contributed by atoms with van der Waals surface area (Å²) < 4.78 is 5.74. The Morgan fingerprint density at radius 1 is 0.806 bits per heavy atom. The van der Waals surface area contributed by atoms with E-state index in [0.717, 1.165) is 31.6 Å². The summed E-state index contributed by atoms with van der Waals surface area (Å²) in [5.41, 5.74) is 0.742. The van der Waals surface area contributed by atoms with Gasteiger partial charge in [-0.05, 0) is 33.1 Å². The van der Waals surface area contributed by atoms with Crippen molar-refractivity contribution in [2.45, 2.75) is 130 Å². The lowest BCUT2D eigenvalue weighted by atomic mass is 10.0. The summed E-state index contributed by atoms with van der Waals surface area (Å²) in [5, 5.41) is 10.6. The van der Waals surface area contributed by atoms with Gasteiger partial charge in [-0.15, -0.1) is 0 Å². The summed E-state index contributed by atoms with van der Waals surface area (Å²) >= 11 is 0. The van der Waals surface area contributed by atoms with Crippen molar-refractivity contribution in [2.24, 2.45) is 0 Å². The third kappa shape index (κ3) is 10.1. The maximum absolute atomic E-state index is 10.6. The second kappa shape index (κ2) is 15.3. The summed E-state index contributed by atoms with van der Waals surface area (Å²) in [4.78, 5) is 11.3. The largest absolute Gasteiger partial charge is 0.502 e. The van der Waals surface area contributed by atoms with Gasteiger partial charge in [0.15, 0.2) is 0 Å². The van der Waals surface area contributed by atoms with Gasteiger partial charge in [0.05, 0.1) is 11.8 Å². The molecule has 0 aliphatic carbocycles. The van der Waals surface area contributed by atoms with Crippen molar-refractivity contribution in [1.29, 1.82) is 0 Å². The highest BCUT2D eigenvalue weighted by molar-refractivity contribution is 5.45. The number of aromatic nitrogens is 2. The van der Waals surface area contributed by atoms with E-state index in [9.17, 15) is 5.11 Å². The molecular formula is C26H47N3O2. The van der Waals surface area contributed by atoms with Crippen molar-refractivity contribution in [3.05, 3.63) is 5.69 Å². The van der Waals surface area contributed by atoms with Crippen LogP contribution in [0, 0.1) is 0 Å². The van der Waals surface area contributed by atoms with E-state index >= 15 is 0 Å². The predicted molar refractivity (Wildman–Crippen MR) is 130 cm³/mol. The zero-order valence-corrected chi connectivity index (χ0v) is 20.5. The van der Waals surface area contributed by atoms with Crippen LogP contribution in [0.25, 0.3) is 0 Å². The average Bonchev–Trinajstić information content (AvgIpc) is 2.69. The standard InChI is InChI=1S/C26H47N3O2/c1-4-5-6-7-8-9-10-11-12-13-14-15-16-17-19-23-24(30)25(31-22(2)3)28-26(27-23)29-20-18-21-29/h22,30H,4-21H2,1-3H3. The Morgan fingerprint density at radius 3 is 1.77 bits per heavy atom. The highest BCUT2D eigenvalue weighted by Crippen LogP contribution is 2.32. The fraction of sp³-hybridized carbons (Fsp3) is 0.846. The summed E-state index contributed by atoms with van der Waals surface area (Å²) in [7, 11) is 0. The molecule has 0 radical (unpaired) electrons. The van der Waals surface area contributed by atoms with Crippen molar-refractivity contribution in [1.82, 2.24) is 9.97 Å². The Kier molecular flexibility index (Phi) is 12.7. The molecule has 0 spiro atoms. The fourth-order valence-electron chi connectivity index (χ4n) is 4.09. The molecule has 178 valence electrons. The topological polar surface area (TPSA) is 58.5 Å². The number of nitrogens with zero attached hydrogens (tertiary/aromatic N) is 3. The molecule has 1 fully saturated rings. The van der Waals surface area contributed by atoms with Gasteiger partial charge in [0, 0.05) is 13.1 Å². The fourth-order valence-corrected chi connectivity index (χ4v) is 4.09. The Labute approximate surface area is 191 Å². The Hall–Kier alpha value is -1.52. The van der Waals surface area contributed by atoms with Gasteiger partial charge in [0.25, 0.3) is 5.88 Å². The maximum atomic E-state index is 10.6. The van der Waals surface area contributed by atoms with Gasteiger partial charge >= 0.3 is 0 Å². The maximum Gasteiger partial charge on any atom is 0.262 e. The van der Waals surface area contributed by atoms with Crippen molar-refractivity contribution >= 4 is 5.95 Å². The summed E-state index contributed by atoms with van der Waals surface area (Å²) in [5.74, 6) is 1.18.